The van der Waals surface area contributed by atoms with Crippen molar-refractivity contribution in [2.75, 3.05) is 13.4 Å². The van der Waals surface area contributed by atoms with Crippen LogP contribution >= 0.6 is 11.8 Å². The predicted octanol–water partition coefficient (Wildman–Crippen LogP) is 4.58. The molecule has 0 bridgehead atoms. The summed E-state index contributed by atoms with van der Waals surface area (Å²) in [4.78, 5) is 1.32. The van der Waals surface area contributed by atoms with E-state index >= 15 is 0 Å². The Morgan fingerprint density at radius 3 is 2.12 bits per heavy atom. The third kappa shape index (κ3) is 4.77. The van der Waals surface area contributed by atoms with Crippen molar-refractivity contribution in [1.82, 2.24) is 4.72 Å². The molecule has 0 heterocycles. The monoisotopic (exact) mass is 379 g/mol. The molecule has 0 spiro atoms. The molecule has 6 heteroatoms. The number of hydrogen-bond acceptors (Lipinski definition) is 4. The van der Waals surface area contributed by atoms with E-state index in [1.165, 1.54) is 7.11 Å². The van der Waals surface area contributed by atoms with E-state index in [2.05, 4.69) is 4.72 Å². The van der Waals surface area contributed by atoms with Crippen molar-refractivity contribution >= 4 is 21.8 Å². The molecule has 2 aromatic carbocycles. The quantitative estimate of drug-likeness (QED) is 0.716. The fourth-order valence-corrected chi connectivity index (χ4v) is 4.36. The Labute approximate surface area is 155 Å². The molecular weight excluding hydrogens is 354 g/mol. The number of benzene rings is 2. The maximum absolute atomic E-state index is 12.9. The lowest BCUT2D eigenvalue weighted by Crippen LogP contribution is -2.27. The van der Waals surface area contributed by atoms with Crippen LogP contribution in [0.15, 0.2) is 52.3 Å². The first-order valence-electron chi connectivity index (χ1n) is 8.12. The van der Waals surface area contributed by atoms with Crippen molar-refractivity contribution in [2.24, 2.45) is 0 Å². The number of methoxy groups -OCH3 is 1. The molecule has 0 saturated heterocycles. The average Bonchev–Trinajstić information content (AvgIpc) is 2.60. The number of thioether (sulfide) groups is 1. The minimum absolute atomic E-state index is 0.175. The lowest BCUT2D eigenvalue weighted by Gasteiger charge is -2.18. The Kier molecular flexibility index (Phi) is 6.54. The van der Waals surface area contributed by atoms with Gasteiger partial charge in [-0.2, -0.15) is 0 Å². The standard InChI is InChI=1S/C19H25NO3S2/c1-13(2)16-8-11-18(23-4)19(12-16)25(21,22)20-14(3)15-6-9-17(24-5)10-7-15/h6-14,20H,1-5H3/t14-/m1/s1. The summed E-state index contributed by atoms with van der Waals surface area (Å²) in [6, 6.07) is 12.8. The fraction of sp³-hybridized carbons (Fsp3) is 0.368. The molecule has 0 aliphatic carbocycles. The summed E-state index contributed by atoms with van der Waals surface area (Å²) < 4.78 is 33.8. The maximum Gasteiger partial charge on any atom is 0.244 e. The van der Waals surface area contributed by atoms with Crippen LogP contribution in [-0.4, -0.2) is 21.8 Å². The number of rotatable bonds is 7. The van der Waals surface area contributed by atoms with Gasteiger partial charge in [-0.25, -0.2) is 13.1 Å². The van der Waals surface area contributed by atoms with Crippen LogP contribution in [-0.2, 0) is 10.0 Å². The minimum Gasteiger partial charge on any atom is -0.495 e. The highest BCUT2D eigenvalue weighted by Crippen LogP contribution is 2.29. The van der Waals surface area contributed by atoms with E-state index in [1.54, 1.807) is 23.9 Å². The normalized spacial score (nSPS) is 13.0. The van der Waals surface area contributed by atoms with Gasteiger partial charge in [-0.05, 0) is 54.5 Å². The first-order valence-corrected chi connectivity index (χ1v) is 10.8. The zero-order chi connectivity index (χ0) is 18.6. The van der Waals surface area contributed by atoms with Gasteiger partial charge in [0.25, 0.3) is 0 Å². The van der Waals surface area contributed by atoms with Crippen LogP contribution < -0.4 is 9.46 Å². The lowest BCUT2D eigenvalue weighted by atomic mass is 10.0. The van der Waals surface area contributed by atoms with E-state index in [-0.39, 0.29) is 16.9 Å². The molecule has 0 saturated carbocycles. The van der Waals surface area contributed by atoms with Crippen LogP contribution in [0.1, 0.15) is 43.9 Å². The summed E-state index contributed by atoms with van der Waals surface area (Å²) in [5.41, 5.74) is 1.87. The number of sulfonamides is 1. The van der Waals surface area contributed by atoms with Crippen molar-refractivity contribution in [3.63, 3.8) is 0 Å². The molecule has 25 heavy (non-hydrogen) atoms. The Balaban J connectivity index is 2.32. The van der Waals surface area contributed by atoms with Crippen molar-refractivity contribution < 1.29 is 13.2 Å². The minimum atomic E-state index is -3.70. The van der Waals surface area contributed by atoms with Crippen molar-refractivity contribution in [3.8, 4) is 5.75 Å². The summed E-state index contributed by atoms with van der Waals surface area (Å²) >= 11 is 1.65. The Morgan fingerprint density at radius 1 is 1.00 bits per heavy atom. The van der Waals surface area contributed by atoms with Gasteiger partial charge in [0.05, 0.1) is 7.11 Å². The van der Waals surface area contributed by atoms with E-state index in [0.29, 0.717) is 5.75 Å². The highest BCUT2D eigenvalue weighted by atomic mass is 32.2. The molecule has 0 fully saturated rings. The Morgan fingerprint density at radius 2 is 1.60 bits per heavy atom. The summed E-state index contributed by atoms with van der Waals surface area (Å²) in [6.45, 7) is 5.90. The second-order valence-electron chi connectivity index (χ2n) is 6.18. The van der Waals surface area contributed by atoms with Crippen LogP contribution in [0, 0.1) is 0 Å². The van der Waals surface area contributed by atoms with Crippen LogP contribution in [0.2, 0.25) is 0 Å². The molecule has 2 aromatic rings. The third-order valence-electron chi connectivity index (χ3n) is 4.09. The van der Waals surface area contributed by atoms with Crippen LogP contribution in [0.25, 0.3) is 0 Å². The molecule has 4 nitrogen and oxygen atoms in total. The molecular formula is C19H25NO3S2. The summed E-state index contributed by atoms with van der Waals surface area (Å²) in [6.07, 6.45) is 2.01. The second kappa shape index (κ2) is 8.25. The van der Waals surface area contributed by atoms with E-state index in [1.807, 2.05) is 57.4 Å². The highest BCUT2D eigenvalue weighted by molar-refractivity contribution is 7.98. The predicted molar refractivity (Wildman–Crippen MR) is 104 cm³/mol. The SMILES string of the molecule is COc1ccc(C(C)C)cc1S(=O)(=O)N[C@H](C)c1ccc(SC)cc1. The fourth-order valence-electron chi connectivity index (χ4n) is 2.52. The van der Waals surface area contributed by atoms with Gasteiger partial charge in [-0.1, -0.05) is 32.0 Å². The van der Waals surface area contributed by atoms with Gasteiger partial charge in [-0.3, -0.25) is 0 Å². The van der Waals surface area contributed by atoms with Crippen LogP contribution in [0.4, 0.5) is 0 Å². The van der Waals surface area contributed by atoms with Gasteiger partial charge in [-0.15, -0.1) is 11.8 Å². The second-order valence-corrected chi connectivity index (χ2v) is 8.74. The number of nitrogens with one attached hydrogen (secondary N) is 1. The molecule has 0 unspecified atom stereocenters. The molecule has 0 aliphatic rings. The van der Waals surface area contributed by atoms with Gasteiger partial charge < -0.3 is 4.74 Å². The van der Waals surface area contributed by atoms with E-state index in [9.17, 15) is 8.42 Å². The van der Waals surface area contributed by atoms with Gasteiger partial charge in [0, 0.05) is 10.9 Å². The van der Waals surface area contributed by atoms with E-state index in [4.69, 9.17) is 4.74 Å². The molecule has 2 rings (SSSR count). The average molecular weight is 380 g/mol. The molecule has 0 amide bonds. The summed E-state index contributed by atoms with van der Waals surface area (Å²) in [5.74, 6) is 0.582. The van der Waals surface area contributed by atoms with Crippen molar-refractivity contribution in [2.45, 2.75) is 42.5 Å². The first kappa shape index (κ1) is 19.8. The zero-order valence-electron chi connectivity index (χ0n) is 15.2. The van der Waals surface area contributed by atoms with Crippen molar-refractivity contribution in [1.29, 1.82) is 0 Å². The molecule has 0 aromatic heterocycles. The highest BCUT2D eigenvalue weighted by Gasteiger charge is 2.23. The van der Waals surface area contributed by atoms with Gasteiger partial charge >= 0.3 is 0 Å². The smallest absolute Gasteiger partial charge is 0.244 e. The van der Waals surface area contributed by atoms with Crippen molar-refractivity contribution in [3.05, 3.63) is 53.6 Å². The molecule has 1 N–H and O–H groups in total. The third-order valence-corrected chi connectivity index (χ3v) is 6.40. The molecule has 136 valence electrons. The van der Waals surface area contributed by atoms with E-state index in [0.717, 1.165) is 16.0 Å². The van der Waals surface area contributed by atoms with Crippen LogP contribution in [0.3, 0.4) is 0 Å². The summed E-state index contributed by atoms with van der Waals surface area (Å²) in [5, 5.41) is 0. The number of ether oxygens (including phenoxy) is 1. The van der Waals surface area contributed by atoms with Gasteiger partial charge in [0.2, 0.25) is 10.0 Å². The molecule has 0 aliphatic heterocycles. The Hall–Kier alpha value is -1.50. The van der Waals surface area contributed by atoms with Gasteiger partial charge in [0.1, 0.15) is 10.6 Å². The first-order chi connectivity index (χ1) is 11.8. The topological polar surface area (TPSA) is 55.4 Å². The maximum atomic E-state index is 12.9. The van der Waals surface area contributed by atoms with Gasteiger partial charge in [0.15, 0.2) is 0 Å². The molecule has 0 radical (unpaired) electrons. The summed E-state index contributed by atoms with van der Waals surface area (Å²) in [7, 11) is -2.22. The Bertz CT molecular complexity index is 815. The lowest BCUT2D eigenvalue weighted by molar-refractivity contribution is 0.401. The van der Waals surface area contributed by atoms with E-state index < -0.39 is 10.0 Å². The molecule has 1 atom stereocenters. The van der Waals surface area contributed by atoms with Crippen LogP contribution in [0.5, 0.6) is 5.75 Å². The number of hydrogen-bond donors (Lipinski definition) is 1. The zero-order valence-corrected chi connectivity index (χ0v) is 16.9. The largest absolute Gasteiger partial charge is 0.495 e.